The maximum absolute atomic E-state index is 8.58. The lowest BCUT2D eigenvalue weighted by Crippen LogP contribution is -2.24. The highest BCUT2D eigenvalue weighted by Gasteiger charge is 1.95. The average molecular weight is 149 g/mol. The molecule has 0 heterocycles. The maximum atomic E-state index is 8.58. The Bertz CT molecular complexity index is 61.0. The molecular weight excluding hydrogens is 134 g/mol. The van der Waals surface area contributed by atoms with Crippen molar-refractivity contribution in [3.05, 3.63) is 0 Å². The zero-order valence-corrected chi connectivity index (χ0v) is 6.69. The van der Waals surface area contributed by atoms with Gasteiger partial charge in [0.1, 0.15) is 0 Å². The Balaban J connectivity index is 2.88. The Morgan fingerprint density at radius 1 is 1.67 bits per heavy atom. The van der Waals surface area contributed by atoms with Crippen LogP contribution < -0.4 is 5.32 Å². The highest BCUT2D eigenvalue weighted by Crippen LogP contribution is 1.87. The minimum Gasteiger partial charge on any atom is -0.396 e. The summed E-state index contributed by atoms with van der Waals surface area (Å²) in [5.74, 6) is 1.22. The van der Waals surface area contributed by atoms with Crippen LogP contribution in [0, 0.1) is 5.92 Å². The predicted molar refractivity (Wildman–Crippen MR) is 43.0 cm³/mol. The van der Waals surface area contributed by atoms with Gasteiger partial charge in [-0.15, -0.1) is 0 Å². The standard InChI is InChI=1S/C6H15NOS/c1-6(5-8)4-7-2-3-9/h6-9H,2-5H2,1H3. The third-order valence-corrected chi connectivity index (χ3v) is 1.32. The second kappa shape index (κ2) is 6.39. The molecule has 0 radical (unpaired) electrons. The van der Waals surface area contributed by atoms with E-state index in [0.29, 0.717) is 5.92 Å². The largest absolute Gasteiger partial charge is 0.396 e. The summed E-state index contributed by atoms with van der Waals surface area (Å²) in [5, 5.41) is 11.7. The summed E-state index contributed by atoms with van der Waals surface area (Å²) in [5.41, 5.74) is 0. The molecule has 0 aromatic carbocycles. The van der Waals surface area contributed by atoms with Gasteiger partial charge in [-0.3, -0.25) is 0 Å². The molecule has 0 aliphatic rings. The Kier molecular flexibility index (Phi) is 6.58. The molecule has 0 amide bonds. The fraction of sp³-hybridized carbons (Fsp3) is 1.00. The van der Waals surface area contributed by atoms with Gasteiger partial charge >= 0.3 is 0 Å². The van der Waals surface area contributed by atoms with Crippen molar-refractivity contribution in [3.8, 4) is 0 Å². The van der Waals surface area contributed by atoms with Crippen molar-refractivity contribution in [2.75, 3.05) is 25.4 Å². The summed E-state index contributed by atoms with van der Waals surface area (Å²) in [6.45, 7) is 4.08. The number of rotatable bonds is 5. The molecule has 56 valence electrons. The van der Waals surface area contributed by atoms with Gasteiger partial charge in [0.25, 0.3) is 0 Å². The highest BCUT2D eigenvalue weighted by atomic mass is 32.1. The molecule has 0 aliphatic heterocycles. The van der Waals surface area contributed by atoms with E-state index in [2.05, 4.69) is 17.9 Å². The predicted octanol–water partition coefficient (Wildman–Crippen LogP) is 0.134. The van der Waals surface area contributed by atoms with E-state index in [4.69, 9.17) is 5.11 Å². The molecule has 0 bridgehead atoms. The lowest BCUT2D eigenvalue weighted by Gasteiger charge is -2.07. The number of hydrogen-bond donors (Lipinski definition) is 3. The Morgan fingerprint density at radius 3 is 2.78 bits per heavy atom. The van der Waals surface area contributed by atoms with Crippen LogP contribution in [0.4, 0.5) is 0 Å². The molecule has 0 rings (SSSR count). The van der Waals surface area contributed by atoms with Gasteiger partial charge in [-0.25, -0.2) is 0 Å². The Hall–Kier alpha value is 0.270. The van der Waals surface area contributed by atoms with E-state index >= 15 is 0 Å². The molecule has 2 N–H and O–H groups in total. The van der Waals surface area contributed by atoms with Gasteiger partial charge < -0.3 is 10.4 Å². The summed E-state index contributed by atoms with van der Waals surface area (Å²) >= 11 is 4.03. The highest BCUT2D eigenvalue weighted by molar-refractivity contribution is 7.80. The molecule has 0 saturated carbocycles. The van der Waals surface area contributed by atoms with E-state index in [-0.39, 0.29) is 6.61 Å². The van der Waals surface area contributed by atoms with Crippen molar-refractivity contribution in [1.82, 2.24) is 5.32 Å². The lowest BCUT2D eigenvalue weighted by molar-refractivity contribution is 0.234. The first-order valence-corrected chi connectivity index (χ1v) is 3.87. The first-order valence-electron chi connectivity index (χ1n) is 3.23. The van der Waals surface area contributed by atoms with E-state index < -0.39 is 0 Å². The number of nitrogens with one attached hydrogen (secondary N) is 1. The summed E-state index contributed by atoms with van der Waals surface area (Å²) in [4.78, 5) is 0. The monoisotopic (exact) mass is 149 g/mol. The molecule has 0 aromatic rings. The first kappa shape index (κ1) is 9.27. The number of thiol groups is 1. The lowest BCUT2D eigenvalue weighted by atomic mass is 10.2. The molecule has 0 fully saturated rings. The molecule has 0 aliphatic carbocycles. The number of aliphatic hydroxyl groups excluding tert-OH is 1. The van der Waals surface area contributed by atoms with Crippen molar-refractivity contribution in [2.24, 2.45) is 5.92 Å². The van der Waals surface area contributed by atoms with Crippen LogP contribution >= 0.6 is 12.6 Å². The quantitative estimate of drug-likeness (QED) is 0.383. The van der Waals surface area contributed by atoms with Crippen molar-refractivity contribution in [2.45, 2.75) is 6.92 Å². The van der Waals surface area contributed by atoms with E-state index in [9.17, 15) is 0 Å². The maximum Gasteiger partial charge on any atom is 0.0468 e. The van der Waals surface area contributed by atoms with Crippen LogP contribution in [0.25, 0.3) is 0 Å². The minimum absolute atomic E-state index is 0.263. The SMILES string of the molecule is CC(CO)CNCCS. The van der Waals surface area contributed by atoms with Gasteiger partial charge in [0.2, 0.25) is 0 Å². The van der Waals surface area contributed by atoms with Crippen LogP contribution in [-0.2, 0) is 0 Å². The molecule has 1 unspecified atom stereocenters. The van der Waals surface area contributed by atoms with Gasteiger partial charge in [0.05, 0.1) is 0 Å². The fourth-order valence-electron chi connectivity index (χ4n) is 0.492. The third-order valence-electron chi connectivity index (χ3n) is 1.09. The molecule has 2 nitrogen and oxygen atoms in total. The zero-order chi connectivity index (χ0) is 7.11. The third kappa shape index (κ3) is 6.15. The van der Waals surface area contributed by atoms with Crippen LogP contribution in [0.5, 0.6) is 0 Å². The Morgan fingerprint density at radius 2 is 2.33 bits per heavy atom. The van der Waals surface area contributed by atoms with E-state index in [1.165, 1.54) is 0 Å². The first-order chi connectivity index (χ1) is 4.31. The molecule has 0 saturated heterocycles. The molecular formula is C6H15NOS. The summed E-state index contributed by atoms with van der Waals surface area (Å²) in [7, 11) is 0. The van der Waals surface area contributed by atoms with Gasteiger partial charge in [-0.2, -0.15) is 12.6 Å². The summed E-state index contributed by atoms with van der Waals surface area (Å²) in [6, 6.07) is 0. The molecule has 3 heteroatoms. The van der Waals surface area contributed by atoms with Crippen molar-refractivity contribution >= 4 is 12.6 Å². The van der Waals surface area contributed by atoms with Crippen LogP contribution in [0.1, 0.15) is 6.92 Å². The van der Waals surface area contributed by atoms with Crippen molar-refractivity contribution in [3.63, 3.8) is 0 Å². The fourth-order valence-corrected chi connectivity index (χ4v) is 0.650. The second-order valence-electron chi connectivity index (χ2n) is 2.22. The average Bonchev–Trinajstić information content (AvgIpc) is 1.89. The minimum atomic E-state index is 0.263. The van der Waals surface area contributed by atoms with E-state index in [0.717, 1.165) is 18.8 Å². The molecule has 1 atom stereocenters. The van der Waals surface area contributed by atoms with Crippen LogP contribution in [0.3, 0.4) is 0 Å². The Labute approximate surface area is 62.1 Å². The second-order valence-corrected chi connectivity index (χ2v) is 2.66. The molecule has 0 aromatic heterocycles. The van der Waals surface area contributed by atoms with Gasteiger partial charge in [0.15, 0.2) is 0 Å². The van der Waals surface area contributed by atoms with E-state index in [1.807, 2.05) is 6.92 Å². The number of aliphatic hydroxyl groups is 1. The van der Waals surface area contributed by atoms with Gasteiger partial charge in [0, 0.05) is 18.9 Å². The number of hydrogen-bond acceptors (Lipinski definition) is 3. The van der Waals surface area contributed by atoms with Crippen LogP contribution in [0.15, 0.2) is 0 Å². The van der Waals surface area contributed by atoms with Gasteiger partial charge in [-0.05, 0) is 12.5 Å². The molecule has 9 heavy (non-hydrogen) atoms. The normalized spacial score (nSPS) is 13.7. The summed E-state index contributed by atoms with van der Waals surface area (Å²) < 4.78 is 0. The topological polar surface area (TPSA) is 32.3 Å². The molecule has 0 spiro atoms. The van der Waals surface area contributed by atoms with E-state index in [1.54, 1.807) is 0 Å². The summed E-state index contributed by atoms with van der Waals surface area (Å²) in [6.07, 6.45) is 0. The smallest absolute Gasteiger partial charge is 0.0468 e. The van der Waals surface area contributed by atoms with Gasteiger partial charge in [-0.1, -0.05) is 6.92 Å². The zero-order valence-electron chi connectivity index (χ0n) is 5.80. The van der Waals surface area contributed by atoms with Crippen molar-refractivity contribution in [1.29, 1.82) is 0 Å². The van der Waals surface area contributed by atoms with Crippen molar-refractivity contribution < 1.29 is 5.11 Å². The van der Waals surface area contributed by atoms with Crippen LogP contribution in [0.2, 0.25) is 0 Å². The van der Waals surface area contributed by atoms with Crippen LogP contribution in [-0.4, -0.2) is 30.6 Å².